The first-order valence-corrected chi connectivity index (χ1v) is 6.69. The van der Waals surface area contributed by atoms with E-state index in [-0.39, 0.29) is 17.8 Å². The van der Waals surface area contributed by atoms with Crippen LogP contribution in [0, 0.1) is 5.92 Å². The maximum Gasteiger partial charge on any atom is 0.451 e. The van der Waals surface area contributed by atoms with Crippen LogP contribution in [-0.2, 0) is 6.18 Å². The van der Waals surface area contributed by atoms with Crippen LogP contribution in [0.1, 0.15) is 38.4 Å². The molecule has 0 spiro atoms. The summed E-state index contributed by atoms with van der Waals surface area (Å²) in [6.45, 7) is 2.17. The van der Waals surface area contributed by atoms with E-state index in [1.807, 2.05) is 0 Å². The molecule has 0 saturated heterocycles. The fourth-order valence-corrected chi connectivity index (χ4v) is 2.26. The monoisotopic (exact) mass is 289 g/mol. The molecule has 1 aliphatic carbocycles. The molecule has 7 heteroatoms. The lowest BCUT2D eigenvalue weighted by Crippen LogP contribution is -2.24. The first-order chi connectivity index (χ1) is 9.38. The van der Waals surface area contributed by atoms with Gasteiger partial charge in [-0.3, -0.25) is 0 Å². The summed E-state index contributed by atoms with van der Waals surface area (Å²) in [5.74, 6) is -0.440. The first kappa shape index (κ1) is 14.9. The van der Waals surface area contributed by atoms with E-state index in [4.69, 9.17) is 4.74 Å². The lowest BCUT2D eigenvalue weighted by Gasteiger charge is -2.26. The number of nitrogens with zero attached hydrogens (tertiary/aromatic N) is 2. The highest BCUT2D eigenvalue weighted by molar-refractivity contribution is 5.38. The molecule has 0 aromatic carbocycles. The largest absolute Gasteiger partial charge is 0.474 e. The minimum atomic E-state index is -4.58. The molecule has 0 amide bonds. The van der Waals surface area contributed by atoms with Crippen molar-refractivity contribution in [2.45, 2.75) is 44.9 Å². The predicted molar refractivity (Wildman–Crippen MR) is 68.6 cm³/mol. The van der Waals surface area contributed by atoms with Gasteiger partial charge in [-0.2, -0.15) is 18.2 Å². The van der Waals surface area contributed by atoms with Crippen molar-refractivity contribution in [1.82, 2.24) is 9.97 Å². The summed E-state index contributed by atoms with van der Waals surface area (Å²) in [4.78, 5) is 6.87. The number of anilines is 1. The van der Waals surface area contributed by atoms with Gasteiger partial charge in [0.1, 0.15) is 11.9 Å². The van der Waals surface area contributed by atoms with Crippen LogP contribution in [0.5, 0.6) is 5.88 Å². The zero-order chi connectivity index (χ0) is 14.8. The Morgan fingerprint density at radius 2 is 1.85 bits per heavy atom. The minimum absolute atomic E-state index is 0.0174. The average Bonchev–Trinajstić information content (AvgIpc) is 2.40. The topological polar surface area (TPSA) is 47.0 Å². The number of halogens is 3. The lowest BCUT2D eigenvalue weighted by molar-refractivity contribution is -0.145. The summed E-state index contributed by atoms with van der Waals surface area (Å²) in [6, 6.07) is 1.40. The van der Waals surface area contributed by atoms with Gasteiger partial charge in [-0.25, -0.2) is 4.98 Å². The number of nitrogens with one attached hydrogen (secondary N) is 1. The van der Waals surface area contributed by atoms with Crippen LogP contribution in [-0.4, -0.2) is 23.1 Å². The molecule has 1 saturated carbocycles. The highest BCUT2D eigenvalue weighted by Crippen LogP contribution is 2.31. The van der Waals surface area contributed by atoms with Gasteiger partial charge in [0.25, 0.3) is 0 Å². The Labute approximate surface area is 115 Å². The van der Waals surface area contributed by atoms with E-state index >= 15 is 0 Å². The van der Waals surface area contributed by atoms with E-state index in [1.165, 1.54) is 13.1 Å². The molecule has 0 aliphatic heterocycles. The van der Waals surface area contributed by atoms with Crippen molar-refractivity contribution < 1.29 is 17.9 Å². The van der Waals surface area contributed by atoms with Crippen molar-refractivity contribution >= 4 is 5.82 Å². The van der Waals surface area contributed by atoms with Gasteiger partial charge >= 0.3 is 6.18 Å². The molecule has 0 unspecified atom stereocenters. The van der Waals surface area contributed by atoms with Crippen LogP contribution in [0.3, 0.4) is 0 Å². The van der Waals surface area contributed by atoms with Gasteiger partial charge in [0.2, 0.25) is 11.7 Å². The third kappa shape index (κ3) is 3.74. The zero-order valence-electron chi connectivity index (χ0n) is 11.5. The van der Waals surface area contributed by atoms with E-state index in [0.29, 0.717) is 5.92 Å². The number of hydrogen-bond acceptors (Lipinski definition) is 4. The normalized spacial score (nSPS) is 23.4. The second-order valence-electron chi connectivity index (χ2n) is 5.16. The molecule has 0 bridgehead atoms. The second-order valence-corrected chi connectivity index (χ2v) is 5.16. The summed E-state index contributed by atoms with van der Waals surface area (Å²) in [5.41, 5.74) is 0. The Morgan fingerprint density at radius 1 is 1.20 bits per heavy atom. The summed E-state index contributed by atoms with van der Waals surface area (Å²) in [7, 11) is 1.51. The van der Waals surface area contributed by atoms with E-state index in [2.05, 4.69) is 22.2 Å². The quantitative estimate of drug-likeness (QED) is 0.925. The fourth-order valence-electron chi connectivity index (χ4n) is 2.26. The minimum Gasteiger partial charge on any atom is -0.474 e. The second kappa shape index (κ2) is 5.85. The van der Waals surface area contributed by atoms with Crippen LogP contribution >= 0.6 is 0 Å². The van der Waals surface area contributed by atoms with Gasteiger partial charge in [-0.15, -0.1) is 0 Å². The molecule has 1 N–H and O–H groups in total. The van der Waals surface area contributed by atoms with Crippen molar-refractivity contribution in [1.29, 1.82) is 0 Å². The SMILES string of the molecule is CNc1cc(OC2CCC(C)CC2)nc(C(F)(F)F)n1. The fraction of sp³-hybridized carbons (Fsp3) is 0.692. The van der Waals surface area contributed by atoms with Crippen molar-refractivity contribution in [3.8, 4) is 5.88 Å². The van der Waals surface area contributed by atoms with Gasteiger partial charge in [0.15, 0.2) is 0 Å². The smallest absolute Gasteiger partial charge is 0.451 e. The van der Waals surface area contributed by atoms with Gasteiger partial charge in [-0.1, -0.05) is 6.92 Å². The number of rotatable bonds is 3. The average molecular weight is 289 g/mol. The Bertz CT molecular complexity index is 457. The van der Waals surface area contributed by atoms with Crippen LogP contribution in [0.25, 0.3) is 0 Å². The molecule has 0 atom stereocenters. The number of ether oxygens (including phenoxy) is 1. The number of hydrogen-bond donors (Lipinski definition) is 1. The van der Waals surface area contributed by atoms with Crippen LogP contribution in [0.2, 0.25) is 0 Å². The van der Waals surface area contributed by atoms with E-state index in [9.17, 15) is 13.2 Å². The van der Waals surface area contributed by atoms with E-state index in [0.717, 1.165) is 25.7 Å². The molecule has 20 heavy (non-hydrogen) atoms. The molecule has 1 aromatic heterocycles. The Morgan fingerprint density at radius 3 is 2.40 bits per heavy atom. The third-order valence-electron chi connectivity index (χ3n) is 3.46. The van der Waals surface area contributed by atoms with Gasteiger partial charge in [0.05, 0.1) is 0 Å². The molecule has 1 aliphatic rings. The third-order valence-corrected chi connectivity index (χ3v) is 3.46. The summed E-state index contributed by atoms with van der Waals surface area (Å²) in [6.07, 6.45) is -0.886. The maximum absolute atomic E-state index is 12.7. The summed E-state index contributed by atoms with van der Waals surface area (Å²) in [5, 5.41) is 2.59. The number of aromatic nitrogens is 2. The van der Waals surface area contributed by atoms with Gasteiger partial charge in [-0.05, 0) is 31.6 Å². The zero-order valence-corrected chi connectivity index (χ0v) is 11.5. The molecule has 1 aromatic rings. The van der Waals surface area contributed by atoms with Gasteiger partial charge < -0.3 is 10.1 Å². The van der Waals surface area contributed by atoms with Crippen molar-refractivity contribution in [2.24, 2.45) is 5.92 Å². The predicted octanol–water partition coefficient (Wildman–Crippen LogP) is 3.49. The van der Waals surface area contributed by atoms with Crippen molar-refractivity contribution in [3.63, 3.8) is 0 Å². The van der Waals surface area contributed by atoms with Crippen LogP contribution in [0.4, 0.5) is 19.0 Å². The van der Waals surface area contributed by atoms with E-state index < -0.39 is 12.0 Å². The Balaban J connectivity index is 2.14. The molecule has 2 rings (SSSR count). The molecular formula is C13H18F3N3O. The van der Waals surface area contributed by atoms with Gasteiger partial charge in [0, 0.05) is 13.1 Å². The molecule has 4 nitrogen and oxygen atoms in total. The summed E-state index contributed by atoms with van der Waals surface area (Å²) >= 11 is 0. The first-order valence-electron chi connectivity index (χ1n) is 6.69. The highest BCUT2D eigenvalue weighted by atomic mass is 19.4. The number of alkyl halides is 3. The van der Waals surface area contributed by atoms with Crippen molar-refractivity contribution in [2.75, 3.05) is 12.4 Å². The highest BCUT2D eigenvalue weighted by Gasteiger charge is 2.36. The Kier molecular flexibility index (Phi) is 4.35. The molecule has 1 fully saturated rings. The molecule has 0 radical (unpaired) electrons. The molecular weight excluding hydrogens is 271 g/mol. The lowest BCUT2D eigenvalue weighted by atomic mass is 9.89. The van der Waals surface area contributed by atoms with Crippen LogP contribution in [0.15, 0.2) is 6.07 Å². The summed E-state index contributed by atoms with van der Waals surface area (Å²) < 4.78 is 43.7. The van der Waals surface area contributed by atoms with E-state index in [1.54, 1.807) is 0 Å². The van der Waals surface area contributed by atoms with Crippen LogP contribution < -0.4 is 10.1 Å². The maximum atomic E-state index is 12.7. The Hall–Kier alpha value is -1.53. The molecule has 112 valence electrons. The van der Waals surface area contributed by atoms with Crippen molar-refractivity contribution in [3.05, 3.63) is 11.9 Å². The molecule has 1 heterocycles. The standard InChI is InChI=1S/C13H18F3N3O/c1-8-3-5-9(6-4-8)20-11-7-10(17-2)18-12(19-11)13(14,15)16/h7-9H,3-6H2,1-2H3,(H,17,18,19).